The normalized spacial score (nSPS) is 15.9. The zero-order valence-corrected chi connectivity index (χ0v) is 14.9. The van der Waals surface area contributed by atoms with Gasteiger partial charge in [-0.1, -0.05) is 12.1 Å². The highest BCUT2D eigenvalue weighted by atomic mass is 32.1. The van der Waals surface area contributed by atoms with E-state index < -0.39 is 6.36 Å². The quantitative estimate of drug-likeness (QED) is 0.810. The van der Waals surface area contributed by atoms with Gasteiger partial charge in [-0.15, -0.1) is 24.5 Å². The lowest BCUT2D eigenvalue weighted by atomic mass is 10.2. The second kappa shape index (κ2) is 7.63. The second-order valence-electron chi connectivity index (χ2n) is 6.01. The Bertz CT molecular complexity index is 753. The van der Waals surface area contributed by atoms with Gasteiger partial charge in [-0.2, -0.15) is 0 Å². The van der Waals surface area contributed by atoms with Gasteiger partial charge in [0.05, 0.1) is 5.01 Å². The van der Waals surface area contributed by atoms with Crippen molar-refractivity contribution in [3.63, 3.8) is 0 Å². The topological polar surface area (TPSA) is 45.7 Å². The van der Waals surface area contributed by atoms with Crippen LogP contribution in [0.25, 0.3) is 0 Å². The van der Waals surface area contributed by atoms with E-state index in [0.29, 0.717) is 38.4 Å². The minimum Gasteiger partial charge on any atom is -0.406 e. The molecule has 0 spiro atoms. The van der Waals surface area contributed by atoms with Crippen molar-refractivity contribution >= 4 is 17.2 Å². The van der Waals surface area contributed by atoms with Crippen LogP contribution in [-0.2, 0) is 6.54 Å². The van der Waals surface area contributed by atoms with Crippen molar-refractivity contribution in [1.82, 2.24) is 14.8 Å². The van der Waals surface area contributed by atoms with Crippen molar-refractivity contribution in [2.75, 3.05) is 26.2 Å². The highest BCUT2D eigenvalue weighted by molar-refractivity contribution is 7.09. The number of ether oxygens (including phenoxy) is 1. The minimum atomic E-state index is -4.68. The van der Waals surface area contributed by atoms with E-state index in [9.17, 15) is 18.0 Å². The Labute approximate surface area is 153 Å². The number of aromatic nitrogens is 1. The summed E-state index contributed by atoms with van der Waals surface area (Å²) in [7, 11) is 0. The first kappa shape index (κ1) is 18.7. The van der Waals surface area contributed by atoms with E-state index in [1.54, 1.807) is 22.4 Å². The molecule has 140 valence electrons. The van der Waals surface area contributed by atoms with Crippen LogP contribution in [0.15, 0.2) is 29.6 Å². The number of halogens is 3. The first-order chi connectivity index (χ1) is 12.3. The molecule has 26 heavy (non-hydrogen) atoms. The molecule has 3 rings (SSSR count). The van der Waals surface area contributed by atoms with Gasteiger partial charge >= 0.3 is 6.36 Å². The van der Waals surface area contributed by atoms with Crippen LogP contribution in [0.5, 0.6) is 5.75 Å². The van der Waals surface area contributed by atoms with Crippen LogP contribution in [-0.4, -0.2) is 53.2 Å². The monoisotopic (exact) mass is 385 g/mol. The fourth-order valence-electron chi connectivity index (χ4n) is 2.79. The van der Waals surface area contributed by atoms with Gasteiger partial charge in [-0.05, 0) is 24.6 Å². The molecule has 0 bridgehead atoms. The van der Waals surface area contributed by atoms with Gasteiger partial charge in [-0.3, -0.25) is 9.69 Å². The van der Waals surface area contributed by atoms with E-state index in [0.717, 1.165) is 10.6 Å². The van der Waals surface area contributed by atoms with Crippen LogP contribution < -0.4 is 4.74 Å². The molecule has 0 unspecified atom stereocenters. The lowest BCUT2D eigenvalue weighted by Crippen LogP contribution is -2.48. The molecule has 1 aliphatic heterocycles. The predicted octanol–water partition coefficient (Wildman–Crippen LogP) is 3.31. The SMILES string of the molecule is Cc1nc(C(=O)N2CCN(Cc3ccc(OC(F)(F)F)cc3)CC2)cs1. The number of hydrogen-bond donors (Lipinski definition) is 0. The average Bonchev–Trinajstić information content (AvgIpc) is 3.02. The van der Waals surface area contributed by atoms with Gasteiger partial charge in [0, 0.05) is 38.1 Å². The van der Waals surface area contributed by atoms with Crippen molar-refractivity contribution < 1.29 is 22.7 Å². The molecule has 0 atom stereocenters. The fraction of sp³-hybridized carbons (Fsp3) is 0.412. The van der Waals surface area contributed by atoms with Crippen molar-refractivity contribution in [1.29, 1.82) is 0 Å². The molecule has 1 aliphatic rings. The number of benzene rings is 1. The first-order valence-electron chi connectivity index (χ1n) is 8.08. The maximum atomic E-state index is 12.4. The summed E-state index contributed by atoms with van der Waals surface area (Å²) < 4.78 is 40.4. The van der Waals surface area contributed by atoms with Crippen molar-refractivity contribution in [2.24, 2.45) is 0 Å². The van der Waals surface area contributed by atoms with Gasteiger partial charge in [0.1, 0.15) is 11.4 Å². The predicted molar refractivity (Wildman–Crippen MR) is 91.2 cm³/mol. The van der Waals surface area contributed by atoms with E-state index in [4.69, 9.17) is 0 Å². The van der Waals surface area contributed by atoms with Gasteiger partial charge < -0.3 is 9.64 Å². The first-order valence-corrected chi connectivity index (χ1v) is 8.96. The number of carbonyl (C=O) groups excluding carboxylic acids is 1. The molecular formula is C17H18F3N3O2S. The molecule has 1 saturated heterocycles. The summed E-state index contributed by atoms with van der Waals surface area (Å²) in [4.78, 5) is 20.5. The molecule has 0 saturated carbocycles. The third-order valence-corrected chi connectivity index (χ3v) is 4.83. The summed E-state index contributed by atoms with van der Waals surface area (Å²) in [6.45, 7) is 5.09. The fourth-order valence-corrected chi connectivity index (χ4v) is 3.37. The number of alkyl halides is 3. The molecule has 9 heteroatoms. The lowest BCUT2D eigenvalue weighted by molar-refractivity contribution is -0.274. The summed E-state index contributed by atoms with van der Waals surface area (Å²) in [6, 6.07) is 5.87. The van der Waals surface area contributed by atoms with Gasteiger partial charge in [-0.25, -0.2) is 4.98 Å². The molecule has 2 aromatic rings. The summed E-state index contributed by atoms with van der Waals surface area (Å²) in [5.74, 6) is -0.280. The van der Waals surface area contributed by atoms with Gasteiger partial charge in [0.2, 0.25) is 0 Å². The number of amides is 1. The number of rotatable bonds is 4. The molecule has 1 fully saturated rings. The highest BCUT2D eigenvalue weighted by Gasteiger charge is 2.31. The Morgan fingerprint density at radius 2 is 1.85 bits per heavy atom. The van der Waals surface area contributed by atoms with Crippen LogP contribution in [0, 0.1) is 6.92 Å². The molecule has 0 aliphatic carbocycles. The number of thiazole rings is 1. The smallest absolute Gasteiger partial charge is 0.406 e. The molecule has 0 N–H and O–H groups in total. The van der Waals surface area contributed by atoms with Gasteiger partial charge in [0.25, 0.3) is 5.91 Å². The zero-order chi connectivity index (χ0) is 18.7. The third kappa shape index (κ3) is 4.95. The van der Waals surface area contributed by atoms with Crippen LogP contribution >= 0.6 is 11.3 Å². The number of carbonyl (C=O) groups is 1. The summed E-state index contributed by atoms with van der Waals surface area (Å²) >= 11 is 1.45. The van der Waals surface area contributed by atoms with E-state index in [1.807, 2.05) is 6.92 Å². The Kier molecular flexibility index (Phi) is 5.47. The molecule has 0 radical (unpaired) electrons. The zero-order valence-electron chi connectivity index (χ0n) is 14.1. The van der Waals surface area contributed by atoms with Crippen LogP contribution in [0.1, 0.15) is 21.1 Å². The molecule has 2 heterocycles. The highest BCUT2D eigenvalue weighted by Crippen LogP contribution is 2.23. The van der Waals surface area contributed by atoms with Crippen LogP contribution in [0.3, 0.4) is 0 Å². The number of piperazine rings is 1. The summed E-state index contributed by atoms with van der Waals surface area (Å²) in [5.41, 5.74) is 1.38. The Hall–Kier alpha value is -2.13. The Balaban J connectivity index is 1.50. The van der Waals surface area contributed by atoms with Crippen molar-refractivity contribution in [2.45, 2.75) is 19.8 Å². The maximum absolute atomic E-state index is 12.4. The van der Waals surface area contributed by atoms with Crippen LogP contribution in [0.2, 0.25) is 0 Å². The largest absolute Gasteiger partial charge is 0.573 e. The number of hydrogen-bond acceptors (Lipinski definition) is 5. The average molecular weight is 385 g/mol. The maximum Gasteiger partial charge on any atom is 0.573 e. The van der Waals surface area contributed by atoms with E-state index in [-0.39, 0.29) is 11.7 Å². The van der Waals surface area contributed by atoms with E-state index in [2.05, 4.69) is 14.6 Å². The standard InChI is InChI=1S/C17H18F3N3O2S/c1-12-21-15(11-26-12)16(24)23-8-6-22(7-9-23)10-13-2-4-14(5-3-13)25-17(18,19)20/h2-5,11H,6-10H2,1H3. The van der Waals surface area contributed by atoms with Crippen LogP contribution in [0.4, 0.5) is 13.2 Å². The van der Waals surface area contributed by atoms with E-state index in [1.165, 1.54) is 23.5 Å². The van der Waals surface area contributed by atoms with Gasteiger partial charge in [0.15, 0.2) is 0 Å². The second-order valence-corrected chi connectivity index (χ2v) is 7.07. The Morgan fingerprint density at radius 3 is 2.38 bits per heavy atom. The summed E-state index contributed by atoms with van der Waals surface area (Å²) in [5, 5.41) is 2.64. The molecule has 5 nitrogen and oxygen atoms in total. The molecular weight excluding hydrogens is 367 g/mol. The minimum absolute atomic E-state index is 0.0531. The Morgan fingerprint density at radius 1 is 1.19 bits per heavy atom. The molecule has 1 amide bonds. The molecule has 1 aromatic heterocycles. The molecule has 1 aromatic carbocycles. The van der Waals surface area contributed by atoms with Crippen molar-refractivity contribution in [3.8, 4) is 5.75 Å². The lowest BCUT2D eigenvalue weighted by Gasteiger charge is -2.34. The number of nitrogens with zero attached hydrogens (tertiary/aromatic N) is 3. The summed E-state index contributed by atoms with van der Waals surface area (Å²) in [6.07, 6.45) is -4.68. The third-order valence-electron chi connectivity index (χ3n) is 4.06. The van der Waals surface area contributed by atoms with E-state index >= 15 is 0 Å². The van der Waals surface area contributed by atoms with Crippen molar-refractivity contribution in [3.05, 3.63) is 45.9 Å². The number of aryl methyl sites for hydroxylation is 1.